The number of nitrogens with one attached hydrogen (secondary N) is 1. The predicted molar refractivity (Wildman–Crippen MR) is 109 cm³/mol. The van der Waals surface area contributed by atoms with Crippen molar-refractivity contribution in [3.05, 3.63) is 47.7 Å². The lowest BCUT2D eigenvalue weighted by molar-refractivity contribution is 0.191. The Labute approximate surface area is 166 Å². The molecule has 1 aliphatic rings. The molecule has 1 fully saturated rings. The van der Waals surface area contributed by atoms with E-state index in [-0.39, 0.29) is 12.1 Å². The van der Waals surface area contributed by atoms with Crippen LogP contribution in [0.5, 0.6) is 11.5 Å². The average Bonchev–Trinajstić information content (AvgIpc) is 2.74. The van der Waals surface area contributed by atoms with E-state index in [4.69, 9.17) is 9.47 Å². The molecule has 2 heterocycles. The fourth-order valence-corrected chi connectivity index (χ4v) is 3.60. The van der Waals surface area contributed by atoms with E-state index < -0.39 is 0 Å². The average molecular weight is 384 g/mol. The van der Waals surface area contributed by atoms with Gasteiger partial charge in [-0.15, -0.1) is 0 Å². The van der Waals surface area contributed by atoms with Crippen LogP contribution in [0, 0.1) is 6.92 Å². The highest BCUT2D eigenvalue weighted by atomic mass is 16.5. The van der Waals surface area contributed by atoms with Crippen LogP contribution in [0.15, 0.2) is 36.5 Å². The van der Waals surface area contributed by atoms with Crippen LogP contribution in [-0.2, 0) is 0 Å². The van der Waals surface area contributed by atoms with E-state index in [9.17, 15) is 4.79 Å². The van der Waals surface area contributed by atoms with E-state index in [0.29, 0.717) is 24.6 Å². The standard InChI is InChI=1S/C21H28N4O3/c1-15-17(8-9-18(27-3)20(15)28-4)16(2)23-21(26)25-13-11-24(12-14-25)19-7-5-6-10-22-19/h5-10,16H,11-14H2,1-4H3,(H,23,26). The summed E-state index contributed by atoms with van der Waals surface area (Å²) in [6.07, 6.45) is 1.79. The molecule has 1 saturated heterocycles. The van der Waals surface area contributed by atoms with Gasteiger partial charge in [-0.05, 0) is 37.6 Å². The molecular formula is C21H28N4O3. The van der Waals surface area contributed by atoms with Crippen molar-refractivity contribution in [1.82, 2.24) is 15.2 Å². The zero-order valence-electron chi connectivity index (χ0n) is 16.9. The van der Waals surface area contributed by atoms with E-state index >= 15 is 0 Å². The number of nitrogens with zero attached hydrogens (tertiary/aromatic N) is 3. The van der Waals surface area contributed by atoms with E-state index in [1.165, 1.54) is 0 Å². The first-order chi connectivity index (χ1) is 13.5. The number of aromatic nitrogens is 1. The third-order valence-corrected chi connectivity index (χ3v) is 5.18. The molecule has 1 aliphatic heterocycles. The first kappa shape index (κ1) is 19.8. The van der Waals surface area contributed by atoms with Gasteiger partial charge in [-0.2, -0.15) is 0 Å². The summed E-state index contributed by atoms with van der Waals surface area (Å²) in [6.45, 7) is 6.84. The predicted octanol–water partition coefficient (Wildman–Crippen LogP) is 3.00. The summed E-state index contributed by atoms with van der Waals surface area (Å²) in [7, 11) is 3.24. The van der Waals surface area contributed by atoms with Crippen LogP contribution in [0.4, 0.5) is 10.6 Å². The summed E-state index contributed by atoms with van der Waals surface area (Å²) >= 11 is 0. The Balaban J connectivity index is 1.61. The number of methoxy groups -OCH3 is 2. The van der Waals surface area contributed by atoms with E-state index in [0.717, 1.165) is 30.0 Å². The highest BCUT2D eigenvalue weighted by Crippen LogP contribution is 2.35. The zero-order valence-corrected chi connectivity index (χ0v) is 16.9. The molecule has 3 rings (SSSR count). The van der Waals surface area contributed by atoms with Gasteiger partial charge in [0, 0.05) is 37.9 Å². The van der Waals surface area contributed by atoms with Crippen LogP contribution in [0.3, 0.4) is 0 Å². The quantitative estimate of drug-likeness (QED) is 0.858. The fraction of sp³-hybridized carbons (Fsp3) is 0.429. The van der Waals surface area contributed by atoms with Gasteiger partial charge in [0.25, 0.3) is 0 Å². The molecule has 1 aromatic carbocycles. The molecule has 2 amide bonds. The van der Waals surface area contributed by atoms with Crippen molar-refractivity contribution in [1.29, 1.82) is 0 Å². The molecule has 7 nitrogen and oxygen atoms in total. The molecule has 0 spiro atoms. The lowest BCUT2D eigenvalue weighted by atomic mass is 10.0. The molecule has 0 radical (unpaired) electrons. The van der Waals surface area contributed by atoms with Crippen molar-refractivity contribution in [3.8, 4) is 11.5 Å². The summed E-state index contributed by atoms with van der Waals surface area (Å²) < 4.78 is 10.8. The summed E-state index contributed by atoms with van der Waals surface area (Å²) in [5.74, 6) is 2.34. The van der Waals surface area contributed by atoms with E-state index in [2.05, 4.69) is 15.2 Å². The van der Waals surface area contributed by atoms with Crippen LogP contribution < -0.4 is 19.7 Å². The first-order valence-corrected chi connectivity index (χ1v) is 9.48. The minimum absolute atomic E-state index is 0.0534. The van der Waals surface area contributed by atoms with E-state index in [1.807, 2.05) is 49.1 Å². The third-order valence-electron chi connectivity index (χ3n) is 5.18. The Morgan fingerprint density at radius 3 is 2.46 bits per heavy atom. The van der Waals surface area contributed by atoms with Gasteiger partial charge in [0.15, 0.2) is 11.5 Å². The maximum atomic E-state index is 12.7. The van der Waals surface area contributed by atoms with E-state index in [1.54, 1.807) is 20.4 Å². The van der Waals surface area contributed by atoms with Crippen molar-refractivity contribution in [2.24, 2.45) is 0 Å². The molecule has 1 atom stereocenters. The van der Waals surface area contributed by atoms with Crippen molar-refractivity contribution < 1.29 is 14.3 Å². The molecule has 0 saturated carbocycles. The topological polar surface area (TPSA) is 66.9 Å². The molecule has 28 heavy (non-hydrogen) atoms. The van der Waals surface area contributed by atoms with Crippen molar-refractivity contribution >= 4 is 11.8 Å². The number of ether oxygens (including phenoxy) is 2. The Morgan fingerprint density at radius 1 is 1.11 bits per heavy atom. The molecular weight excluding hydrogens is 356 g/mol. The van der Waals surface area contributed by atoms with Gasteiger partial charge in [0.05, 0.1) is 20.3 Å². The van der Waals surface area contributed by atoms with Gasteiger partial charge in [-0.25, -0.2) is 9.78 Å². The first-order valence-electron chi connectivity index (χ1n) is 9.48. The molecule has 150 valence electrons. The summed E-state index contributed by atoms with van der Waals surface area (Å²) in [5, 5.41) is 3.11. The number of benzene rings is 1. The molecule has 1 N–H and O–H groups in total. The molecule has 1 unspecified atom stereocenters. The van der Waals surface area contributed by atoms with Gasteiger partial charge in [0.2, 0.25) is 0 Å². The largest absolute Gasteiger partial charge is 0.493 e. The van der Waals surface area contributed by atoms with Gasteiger partial charge < -0.3 is 24.6 Å². The smallest absolute Gasteiger partial charge is 0.317 e. The molecule has 7 heteroatoms. The van der Waals surface area contributed by atoms with Crippen LogP contribution >= 0.6 is 0 Å². The van der Waals surface area contributed by atoms with Gasteiger partial charge in [-0.1, -0.05) is 12.1 Å². The fourth-order valence-electron chi connectivity index (χ4n) is 3.60. The second-order valence-electron chi connectivity index (χ2n) is 6.85. The Bertz CT molecular complexity index is 805. The number of pyridine rings is 1. The molecule has 1 aromatic heterocycles. The maximum Gasteiger partial charge on any atom is 0.317 e. The minimum Gasteiger partial charge on any atom is -0.493 e. The lowest BCUT2D eigenvalue weighted by Gasteiger charge is -2.36. The summed E-state index contributed by atoms with van der Waals surface area (Å²) in [4.78, 5) is 21.2. The summed E-state index contributed by atoms with van der Waals surface area (Å²) in [5.41, 5.74) is 1.98. The van der Waals surface area contributed by atoms with Gasteiger partial charge in [-0.3, -0.25) is 0 Å². The maximum absolute atomic E-state index is 12.7. The number of amides is 2. The van der Waals surface area contributed by atoms with Crippen molar-refractivity contribution in [2.45, 2.75) is 19.9 Å². The molecule has 0 aliphatic carbocycles. The third kappa shape index (κ3) is 4.13. The monoisotopic (exact) mass is 384 g/mol. The highest BCUT2D eigenvalue weighted by Gasteiger charge is 2.24. The van der Waals surface area contributed by atoms with Crippen LogP contribution in [-0.4, -0.2) is 56.3 Å². The second kappa shape index (κ2) is 8.82. The zero-order chi connectivity index (χ0) is 20.1. The van der Waals surface area contributed by atoms with Gasteiger partial charge >= 0.3 is 6.03 Å². The SMILES string of the molecule is COc1ccc(C(C)NC(=O)N2CCN(c3ccccn3)CC2)c(C)c1OC. The number of carbonyl (C=O) groups excluding carboxylic acids is 1. The molecule has 2 aromatic rings. The lowest BCUT2D eigenvalue weighted by Crippen LogP contribution is -2.52. The Hall–Kier alpha value is -2.96. The highest BCUT2D eigenvalue weighted by molar-refractivity contribution is 5.75. The van der Waals surface area contributed by atoms with Crippen LogP contribution in [0.25, 0.3) is 0 Å². The Morgan fingerprint density at radius 2 is 1.86 bits per heavy atom. The Kier molecular flexibility index (Phi) is 6.23. The minimum atomic E-state index is -0.138. The number of hydrogen-bond donors (Lipinski definition) is 1. The number of anilines is 1. The van der Waals surface area contributed by atoms with Gasteiger partial charge in [0.1, 0.15) is 5.82 Å². The van der Waals surface area contributed by atoms with Crippen molar-refractivity contribution in [2.75, 3.05) is 45.3 Å². The number of rotatable bonds is 5. The number of urea groups is 1. The number of carbonyl (C=O) groups is 1. The second-order valence-corrected chi connectivity index (χ2v) is 6.85. The van der Waals surface area contributed by atoms with Crippen LogP contribution in [0.2, 0.25) is 0 Å². The van der Waals surface area contributed by atoms with Crippen LogP contribution in [0.1, 0.15) is 24.1 Å². The summed E-state index contributed by atoms with van der Waals surface area (Å²) in [6, 6.07) is 9.54. The molecule has 0 bridgehead atoms. The number of hydrogen-bond acceptors (Lipinski definition) is 5. The van der Waals surface area contributed by atoms with Crippen molar-refractivity contribution in [3.63, 3.8) is 0 Å². The number of piperazine rings is 1. The normalized spacial score (nSPS) is 15.1.